The van der Waals surface area contributed by atoms with E-state index in [0.717, 1.165) is 11.3 Å². The molecule has 94 valence electrons. The number of hydrogen-bond acceptors (Lipinski definition) is 5. The van der Waals surface area contributed by atoms with Crippen molar-refractivity contribution in [2.24, 2.45) is 0 Å². The third-order valence-electron chi connectivity index (χ3n) is 2.30. The summed E-state index contributed by atoms with van der Waals surface area (Å²) in [6.07, 6.45) is 2.25. The first-order valence-electron chi connectivity index (χ1n) is 5.60. The predicted molar refractivity (Wildman–Crippen MR) is 71.1 cm³/mol. The SMILES string of the molecule is CCCNc1nc(-c2cccs2)ncc1C(=O)O. The molecule has 2 aromatic rings. The van der Waals surface area contributed by atoms with E-state index in [1.165, 1.54) is 17.5 Å². The maximum Gasteiger partial charge on any atom is 0.341 e. The van der Waals surface area contributed by atoms with Crippen LogP contribution in [0.1, 0.15) is 23.7 Å². The Kier molecular flexibility index (Phi) is 3.88. The van der Waals surface area contributed by atoms with Gasteiger partial charge in [-0.05, 0) is 17.9 Å². The van der Waals surface area contributed by atoms with Gasteiger partial charge in [0, 0.05) is 12.7 Å². The molecule has 18 heavy (non-hydrogen) atoms. The first-order chi connectivity index (χ1) is 8.72. The molecule has 0 radical (unpaired) electrons. The first-order valence-corrected chi connectivity index (χ1v) is 6.48. The lowest BCUT2D eigenvalue weighted by atomic mass is 10.3. The van der Waals surface area contributed by atoms with E-state index in [2.05, 4.69) is 15.3 Å². The zero-order chi connectivity index (χ0) is 13.0. The molecule has 2 N–H and O–H groups in total. The van der Waals surface area contributed by atoms with E-state index in [-0.39, 0.29) is 5.56 Å². The maximum absolute atomic E-state index is 11.1. The summed E-state index contributed by atoms with van der Waals surface area (Å²) in [4.78, 5) is 20.4. The van der Waals surface area contributed by atoms with Gasteiger partial charge >= 0.3 is 5.97 Å². The average molecular weight is 263 g/mol. The summed E-state index contributed by atoms with van der Waals surface area (Å²) in [6, 6.07) is 3.82. The number of carboxylic acid groups (broad SMARTS) is 1. The monoisotopic (exact) mass is 263 g/mol. The molecule has 0 saturated heterocycles. The zero-order valence-corrected chi connectivity index (χ0v) is 10.7. The van der Waals surface area contributed by atoms with Crippen LogP contribution in [0.15, 0.2) is 23.7 Å². The molecule has 0 bridgehead atoms. The predicted octanol–water partition coefficient (Wildman–Crippen LogP) is 2.73. The smallest absolute Gasteiger partial charge is 0.341 e. The normalized spacial score (nSPS) is 10.3. The van der Waals surface area contributed by atoms with Gasteiger partial charge in [0.25, 0.3) is 0 Å². The van der Waals surface area contributed by atoms with E-state index in [1.54, 1.807) is 0 Å². The molecule has 0 unspecified atom stereocenters. The Hall–Kier alpha value is -1.95. The maximum atomic E-state index is 11.1. The van der Waals surface area contributed by atoms with Crippen molar-refractivity contribution >= 4 is 23.1 Å². The van der Waals surface area contributed by atoms with Gasteiger partial charge in [0.15, 0.2) is 5.82 Å². The second-order valence-electron chi connectivity index (χ2n) is 3.67. The van der Waals surface area contributed by atoms with Crippen molar-refractivity contribution in [1.29, 1.82) is 0 Å². The molecule has 0 saturated carbocycles. The highest BCUT2D eigenvalue weighted by Crippen LogP contribution is 2.23. The molecule has 0 aliphatic carbocycles. The Balaban J connectivity index is 2.38. The van der Waals surface area contributed by atoms with E-state index in [4.69, 9.17) is 5.11 Å². The third kappa shape index (κ3) is 2.65. The van der Waals surface area contributed by atoms with Crippen molar-refractivity contribution in [3.8, 4) is 10.7 Å². The van der Waals surface area contributed by atoms with Gasteiger partial charge < -0.3 is 10.4 Å². The standard InChI is InChI=1S/C12H13N3O2S/c1-2-5-13-10-8(12(16)17)7-14-11(15-10)9-4-3-6-18-9/h3-4,6-7H,2,5H2,1H3,(H,16,17)(H,13,14,15). The summed E-state index contributed by atoms with van der Waals surface area (Å²) in [5, 5.41) is 14.0. The Bertz CT molecular complexity index is 540. The summed E-state index contributed by atoms with van der Waals surface area (Å²) < 4.78 is 0. The largest absolute Gasteiger partial charge is 0.477 e. The molecule has 0 amide bonds. The Morgan fingerprint density at radius 2 is 2.39 bits per heavy atom. The van der Waals surface area contributed by atoms with Crippen LogP contribution in [-0.2, 0) is 0 Å². The van der Waals surface area contributed by atoms with Crippen molar-refractivity contribution < 1.29 is 9.90 Å². The van der Waals surface area contributed by atoms with Crippen LogP contribution in [0, 0.1) is 0 Å². The van der Waals surface area contributed by atoms with Crippen LogP contribution in [0.5, 0.6) is 0 Å². The molecule has 0 fully saturated rings. The van der Waals surface area contributed by atoms with Crippen LogP contribution >= 0.6 is 11.3 Å². The highest BCUT2D eigenvalue weighted by atomic mass is 32.1. The van der Waals surface area contributed by atoms with Crippen LogP contribution < -0.4 is 5.32 Å². The second-order valence-corrected chi connectivity index (χ2v) is 4.61. The average Bonchev–Trinajstić information content (AvgIpc) is 2.89. The van der Waals surface area contributed by atoms with Crippen LogP contribution in [0.2, 0.25) is 0 Å². The Labute approximate surface area is 109 Å². The molecular weight excluding hydrogens is 250 g/mol. The quantitative estimate of drug-likeness (QED) is 0.867. The number of aromatic nitrogens is 2. The van der Waals surface area contributed by atoms with Gasteiger partial charge in [-0.2, -0.15) is 0 Å². The lowest BCUT2D eigenvalue weighted by molar-refractivity contribution is 0.0697. The van der Waals surface area contributed by atoms with Gasteiger partial charge in [0.05, 0.1) is 4.88 Å². The first kappa shape index (κ1) is 12.5. The van der Waals surface area contributed by atoms with E-state index in [9.17, 15) is 4.79 Å². The van der Waals surface area contributed by atoms with Crippen molar-refractivity contribution in [2.75, 3.05) is 11.9 Å². The number of hydrogen-bond donors (Lipinski definition) is 2. The summed E-state index contributed by atoms with van der Waals surface area (Å²) in [5.41, 5.74) is 0.101. The summed E-state index contributed by atoms with van der Waals surface area (Å²) in [5.74, 6) is -0.0947. The molecule has 2 rings (SSSR count). The highest BCUT2D eigenvalue weighted by Gasteiger charge is 2.14. The van der Waals surface area contributed by atoms with E-state index >= 15 is 0 Å². The molecule has 2 heterocycles. The third-order valence-corrected chi connectivity index (χ3v) is 3.17. The van der Waals surface area contributed by atoms with Crippen molar-refractivity contribution in [3.05, 3.63) is 29.3 Å². The number of anilines is 1. The molecule has 2 aromatic heterocycles. The van der Waals surface area contributed by atoms with Crippen molar-refractivity contribution in [1.82, 2.24) is 9.97 Å². The van der Waals surface area contributed by atoms with Crippen LogP contribution in [0.3, 0.4) is 0 Å². The molecule has 0 aliphatic rings. The fourth-order valence-corrected chi connectivity index (χ4v) is 2.11. The minimum Gasteiger partial charge on any atom is -0.477 e. The van der Waals surface area contributed by atoms with Crippen LogP contribution in [-0.4, -0.2) is 27.6 Å². The molecule has 0 atom stereocenters. The number of nitrogens with one attached hydrogen (secondary N) is 1. The molecule has 6 heteroatoms. The summed E-state index contributed by atoms with van der Waals surface area (Å²) in [6.45, 7) is 2.69. The van der Waals surface area contributed by atoms with Crippen molar-refractivity contribution in [2.45, 2.75) is 13.3 Å². The number of thiophene rings is 1. The van der Waals surface area contributed by atoms with Gasteiger partial charge in [0.1, 0.15) is 11.4 Å². The Morgan fingerprint density at radius 1 is 1.56 bits per heavy atom. The number of carbonyl (C=O) groups is 1. The number of carboxylic acids is 1. The van der Waals surface area contributed by atoms with Crippen LogP contribution in [0.25, 0.3) is 10.7 Å². The van der Waals surface area contributed by atoms with Gasteiger partial charge in [-0.3, -0.25) is 0 Å². The second kappa shape index (κ2) is 5.59. The van der Waals surface area contributed by atoms with Gasteiger partial charge in [0.2, 0.25) is 0 Å². The number of aromatic carboxylic acids is 1. The number of rotatable bonds is 5. The zero-order valence-electron chi connectivity index (χ0n) is 9.88. The highest BCUT2D eigenvalue weighted by molar-refractivity contribution is 7.13. The minimum absolute atomic E-state index is 0.101. The van der Waals surface area contributed by atoms with Gasteiger partial charge in [-0.25, -0.2) is 14.8 Å². The van der Waals surface area contributed by atoms with E-state index in [0.29, 0.717) is 18.2 Å². The molecule has 0 aromatic carbocycles. The lowest BCUT2D eigenvalue weighted by Crippen LogP contribution is -2.10. The van der Waals surface area contributed by atoms with E-state index < -0.39 is 5.97 Å². The summed E-state index contributed by atoms with van der Waals surface area (Å²) in [7, 11) is 0. The topological polar surface area (TPSA) is 75.1 Å². The molecular formula is C12H13N3O2S. The minimum atomic E-state index is -1.02. The Morgan fingerprint density at radius 3 is 3.00 bits per heavy atom. The fraction of sp³-hybridized carbons (Fsp3) is 0.250. The summed E-state index contributed by atoms with van der Waals surface area (Å²) >= 11 is 1.52. The molecule has 5 nitrogen and oxygen atoms in total. The van der Waals surface area contributed by atoms with Crippen molar-refractivity contribution in [3.63, 3.8) is 0 Å². The van der Waals surface area contributed by atoms with E-state index in [1.807, 2.05) is 24.4 Å². The fourth-order valence-electron chi connectivity index (χ4n) is 1.44. The van der Waals surface area contributed by atoms with Gasteiger partial charge in [-0.1, -0.05) is 13.0 Å². The molecule has 0 spiro atoms. The number of nitrogens with zero attached hydrogens (tertiary/aromatic N) is 2. The lowest BCUT2D eigenvalue weighted by Gasteiger charge is -2.08. The molecule has 0 aliphatic heterocycles. The van der Waals surface area contributed by atoms with Crippen LogP contribution in [0.4, 0.5) is 5.82 Å². The van der Waals surface area contributed by atoms with Gasteiger partial charge in [-0.15, -0.1) is 11.3 Å².